The minimum Gasteiger partial charge on any atom is -0.486 e. The van der Waals surface area contributed by atoms with Crippen LogP contribution in [0.2, 0.25) is 0 Å². The highest BCUT2D eigenvalue weighted by atomic mass is 32.2. The lowest BCUT2D eigenvalue weighted by Gasteiger charge is -2.19. The fraction of sp³-hybridized carbons (Fsp3) is 0.143. The molecule has 2 N–H and O–H groups in total. The molecular formula is C21H19FN2O6S2. The number of nitrogens with one attached hydrogen (secondary N) is 2. The first kappa shape index (κ1) is 21.9. The molecule has 3 aromatic rings. The van der Waals surface area contributed by atoms with E-state index in [9.17, 15) is 21.2 Å². The number of hydrogen-bond donors (Lipinski definition) is 2. The summed E-state index contributed by atoms with van der Waals surface area (Å²) in [6.07, 6.45) is 0. The number of para-hydroxylation sites is 1. The van der Waals surface area contributed by atoms with Gasteiger partial charge >= 0.3 is 0 Å². The van der Waals surface area contributed by atoms with Crippen LogP contribution in [0, 0.1) is 12.7 Å². The number of halogens is 1. The van der Waals surface area contributed by atoms with Crippen LogP contribution in [0.4, 0.5) is 15.8 Å². The summed E-state index contributed by atoms with van der Waals surface area (Å²) in [6, 6.07) is 13.6. The lowest BCUT2D eigenvalue weighted by Crippen LogP contribution is -2.18. The maximum absolute atomic E-state index is 13.9. The fourth-order valence-electron chi connectivity index (χ4n) is 3.10. The molecule has 0 unspecified atom stereocenters. The highest BCUT2D eigenvalue weighted by Crippen LogP contribution is 2.33. The van der Waals surface area contributed by atoms with Crippen molar-refractivity contribution in [3.8, 4) is 11.5 Å². The normalized spacial score (nSPS) is 13.4. The second-order valence-electron chi connectivity index (χ2n) is 6.98. The molecule has 0 aromatic heterocycles. The predicted molar refractivity (Wildman–Crippen MR) is 117 cm³/mol. The number of anilines is 2. The molecule has 4 rings (SSSR count). The van der Waals surface area contributed by atoms with Gasteiger partial charge in [0.2, 0.25) is 0 Å². The van der Waals surface area contributed by atoms with Crippen LogP contribution >= 0.6 is 0 Å². The van der Waals surface area contributed by atoms with Gasteiger partial charge in [-0.25, -0.2) is 21.2 Å². The molecule has 0 atom stereocenters. The molecule has 0 saturated carbocycles. The Hall–Kier alpha value is -3.31. The maximum Gasteiger partial charge on any atom is 0.262 e. The third kappa shape index (κ3) is 4.48. The van der Waals surface area contributed by atoms with Crippen molar-refractivity contribution < 1.29 is 30.7 Å². The van der Waals surface area contributed by atoms with E-state index in [2.05, 4.69) is 9.44 Å². The van der Waals surface area contributed by atoms with Crippen LogP contribution in [0.5, 0.6) is 11.5 Å². The Bertz CT molecular complexity index is 1390. The minimum absolute atomic E-state index is 0.0272. The van der Waals surface area contributed by atoms with Gasteiger partial charge in [-0.15, -0.1) is 0 Å². The summed E-state index contributed by atoms with van der Waals surface area (Å²) in [5.74, 6) is 0.0164. The van der Waals surface area contributed by atoms with Crippen LogP contribution in [0.25, 0.3) is 0 Å². The first-order valence-corrected chi connectivity index (χ1v) is 12.4. The van der Waals surface area contributed by atoms with E-state index in [0.29, 0.717) is 30.3 Å². The summed E-state index contributed by atoms with van der Waals surface area (Å²) < 4.78 is 80.6. The van der Waals surface area contributed by atoms with Crippen LogP contribution in [0.3, 0.4) is 0 Å². The van der Waals surface area contributed by atoms with E-state index in [1.54, 1.807) is 6.92 Å². The number of benzene rings is 3. The van der Waals surface area contributed by atoms with Crippen LogP contribution in [0.15, 0.2) is 70.5 Å². The molecular weight excluding hydrogens is 459 g/mol. The predicted octanol–water partition coefficient (Wildman–Crippen LogP) is 3.51. The van der Waals surface area contributed by atoms with E-state index < -0.39 is 25.9 Å². The summed E-state index contributed by atoms with van der Waals surface area (Å²) >= 11 is 0. The van der Waals surface area contributed by atoms with Crippen molar-refractivity contribution in [2.24, 2.45) is 0 Å². The smallest absolute Gasteiger partial charge is 0.262 e. The monoisotopic (exact) mass is 478 g/mol. The molecule has 0 spiro atoms. The van der Waals surface area contributed by atoms with Crippen molar-refractivity contribution in [2.45, 2.75) is 16.7 Å². The lowest BCUT2D eigenvalue weighted by atomic mass is 10.2. The summed E-state index contributed by atoms with van der Waals surface area (Å²) in [5, 5.41) is 0. The highest BCUT2D eigenvalue weighted by molar-refractivity contribution is 7.93. The first-order valence-electron chi connectivity index (χ1n) is 9.46. The van der Waals surface area contributed by atoms with E-state index in [1.165, 1.54) is 54.6 Å². The van der Waals surface area contributed by atoms with Crippen molar-refractivity contribution in [1.29, 1.82) is 0 Å². The number of fused-ring (bicyclic) bond motifs is 1. The second-order valence-corrected chi connectivity index (χ2v) is 10.3. The Morgan fingerprint density at radius 3 is 2.28 bits per heavy atom. The van der Waals surface area contributed by atoms with Gasteiger partial charge in [0.15, 0.2) is 11.5 Å². The quantitative estimate of drug-likeness (QED) is 0.561. The van der Waals surface area contributed by atoms with E-state index >= 15 is 0 Å². The second kappa shape index (κ2) is 8.32. The lowest BCUT2D eigenvalue weighted by molar-refractivity contribution is 0.171. The summed E-state index contributed by atoms with van der Waals surface area (Å²) in [7, 11) is -8.23. The topological polar surface area (TPSA) is 111 Å². The van der Waals surface area contributed by atoms with Gasteiger partial charge < -0.3 is 9.47 Å². The summed E-state index contributed by atoms with van der Waals surface area (Å²) in [5.41, 5.74) is 0.171. The Labute approximate surface area is 185 Å². The van der Waals surface area contributed by atoms with E-state index in [4.69, 9.17) is 9.47 Å². The molecule has 8 nitrogen and oxygen atoms in total. The van der Waals surface area contributed by atoms with Crippen LogP contribution in [0.1, 0.15) is 5.56 Å². The Morgan fingerprint density at radius 2 is 1.53 bits per heavy atom. The number of rotatable bonds is 6. The molecule has 0 fully saturated rings. The average Bonchev–Trinajstić information content (AvgIpc) is 2.76. The largest absolute Gasteiger partial charge is 0.486 e. The van der Waals surface area contributed by atoms with Crippen molar-refractivity contribution in [1.82, 2.24) is 0 Å². The highest BCUT2D eigenvalue weighted by Gasteiger charge is 2.22. The van der Waals surface area contributed by atoms with Crippen molar-refractivity contribution in [2.75, 3.05) is 22.7 Å². The van der Waals surface area contributed by atoms with Gasteiger partial charge in [0.25, 0.3) is 20.0 Å². The van der Waals surface area contributed by atoms with Crippen molar-refractivity contribution in [3.05, 3.63) is 72.0 Å². The molecule has 0 radical (unpaired) electrons. The van der Waals surface area contributed by atoms with Gasteiger partial charge in [0.05, 0.1) is 21.2 Å². The third-order valence-electron chi connectivity index (χ3n) is 4.67. The maximum atomic E-state index is 13.9. The fourth-order valence-corrected chi connectivity index (χ4v) is 5.51. The van der Waals surface area contributed by atoms with Gasteiger partial charge in [-0.1, -0.05) is 18.2 Å². The van der Waals surface area contributed by atoms with Gasteiger partial charge in [-0.3, -0.25) is 9.44 Å². The molecule has 168 valence electrons. The Balaban J connectivity index is 1.63. The molecule has 1 aliphatic heterocycles. The number of sulfonamides is 2. The average molecular weight is 479 g/mol. The number of ether oxygens (including phenoxy) is 2. The van der Waals surface area contributed by atoms with Crippen LogP contribution in [-0.2, 0) is 20.0 Å². The molecule has 1 heterocycles. The SMILES string of the molecule is Cc1ccc(NS(=O)(=O)c2ccc3c(c2)OCCO3)cc1S(=O)(=O)Nc1ccccc1F. The number of aryl methyl sites for hydroxylation is 1. The molecule has 3 aromatic carbocycles. The van der Waals surface area contributed by atoms with Crippen molar-refractivity contribution in [3.63, 3.8) is 0 Å². The van der Waals surface area contributed by atoms with Crippen molar-refractivity contribution >= 4 is 31.4 Å². The molecule has 0 amide bonds. The van der Waals surface area contributed by atoms with Gasteiger partial charge in [0.1, 0.15) is 19.0 Å². The molecule has 11 heteroatoms. The third-order valence-corrected chi connectivity index (χ3v) is 7.56. The van der Waals surface area contributed by atoms with Crippen LogP contribution in [-0.4, -0.2) is 30.0 Å². The molecule has 1 aliphatic rings. The van der Waals surface area contributed by atoms with E-state index in [1.807, 2.05) is 0 Å². The van der Waals surface area contributed by atoms with E-state index in [0.717, 1.165) is 6.07 Å². The zero-order valence-electron chi connectivity index (χ0n) is 16.8. The van der Waals surface area contributed by atoms with E-state index in [-0.39, 0.29) is 21.2 Å². The van der Waals surface area contributed by atoms with Gasteiger partial charge in [0, 0.05) is 6.07 Å². The molecule has 0 bridgehead atoms. The summed E-state index contributed by atoms with van der Waals surface area (Å²) in [4.78, 5) is -0.264. The molecule has 0 saturated heterocycles. The molecule has 0 aliphatic carbocycles. The zero-order valence-corrected chi connectivity index (χ0v) is 18.5. The Kier molecular flexibility index (Phi) is 5.70. The van der Waals surface area contributed by atoms with Crippen LogP contribution < -0.4 is 18.9 Å². The summed E-state index contributed by atoms with van der Waals surface area (Å²) in [6.45, 7) is 2.23. The molecule has 32 heavy (non-hydrogen) atoms. The Morgan fingerprint density at radius 1 is 0.812 bits per heavy atom. The number of hydrogen-bond acceptors (Lipinski definition) is 6. The minimum atomic E-state index is -4.18. The van der Waals surface area contributed by atoms with Gasteiger partial charge in [-0.05, 0) is 48.9 Å². The first-order chi connectivity index (χ1) is 15.2. The standard InChI is InChI=1S/C21H19FN2O6S2/c1-14-6-7-15(12-21(14)32(27,28)24-18-5-3-2-4-17(18)22)23-31(25,26)16-8-9-19-20(13-16)30-11-10-29-19/h2-9,12-13,23-24H,10-11H2,1H3. The van der Waals surface area contributed by atoms with Gasteiger partial charge in [-0.2, -0.15) is 0 Å². The zero-order chi connectivity index (χ0) is 22.9.